The zero-order valence-corrected chi connectivity index (χ0v) is 6.72. The molecule has 0 aromatic rings. The van der Waals surface area contributed by atoms with Gasteiger partial charge in [-0.2, -0.15) is 0 Å². The summed E-state index contributed by atoms with van der Waals surface area (Å²) in [4.78, 5) is 0. The number of rotatable bonds is 6. The Kier molecular flexibility index (Phi) is 6.55. The van der Waals surface area contributed by atoms with Crippen LogP contribution in [0.1, 0.15) is 13.8 Å². The molecule has 10 heavy (non-hydrogen) atoms. The lowest BCUT2D eigenvalue weighted by atomic mass is 10.5. The maximum absolute atomic E-state index is 5.15. The average molecular weight is 143 g/mol. The molecular formula is C8H15O2. The van der Waals surface area contributed by atoms with Crippen molar-refractivity contribution in [3.8, 4) is 0 Å². The molecule has 0 aromatic carbocycles. The Morgan fingerprint density at radius 2 is 2.10 bits per heavy atom. The fourth-order valence-corrected chi connectivity index (χ4v) is 0.471. The molecule has 0 unspecified atom stereocenters. The average Bonchev–Trinajstić information content (AvgIpc) is 1.87. The molecule has 0 amide bonds. The van der Waals surface area contributed by atoms with E-state index in [1.165, 1.54) is 0 Å². The van der Waals surface area contributed by atoms with E-state index in [0.717, 1.165) is 6.10 Å². The molecule has 0 heterocycles. The lowest BCUT2D eigenvalue weighted by Crippen LogP contribution is -2.04. The first kappa shape index (κ1) is 9.66. The van der Waals surface area contributed by atoms with Crippen molar-refractivity contribution in [2.45, 2.75) is 13.8 Å². The first-order valence-electron chi connectivity index (χ1n) is 3.39. The molecule has 0 aliphatic heterocycles. The summed E-state index contributed by atoms with van der Waals surface area (Å²) in [6.07, 6.45) is 2.70. The molecule has 0 rings (SSSR count). The Bertz CT molecular complexity index is 79.3. The lowest BCUT2D eigenvalue weighted by molar-refractivity contribution is 0.0694. The van der Waals surface area contributed by atoms with Crippen molar-refractivity contribution in [1.29, 1.82) is 0 Å². The molecule has 0 aliphatic rings. The van der Waals surface area contributed by atoms with Gasteiger partial charge in [-0.3, -0.25) is 0 Å². The molecule has 0 atom stereocenters. The van der Waals surface area contributed by atoms with E-state index in [1.54, 1.807) is 6.08 Å². The van der Waals surface area contributed by atoms with Gasteiger partial charge in [0.25, 0.3) is 0 Å². The third-order valence-corrected chi connectivity index (χ3v) is 0.854. The first-order chi connectivity index (χ1) is 4.77. The molecule has 1 radical (unpaired) electrons. The van der Waals surface area contributed by atoms with E-state index in [1.807, 2.05) is 13.8 Å². The highest BCUT2D eigenvalue weighted by Crippen LogP contribution is 1.95. The van der Waals surface area contributed by atoms with Gasteiger partial charge in [0.05, 0.1) is 25.9 Å². The highest BCUT2D eigenvalue weighted by Gasteiger charge is 1.92. The molecular weight excluding hydrogens is 128 g/mol. The standard InChI is InChI=1S/C8H15O2/c1-4-5-9-6-7-10-8(2)3/h4H,1,5-7H2,2-3H3. The summed E-state index contributed by atoms with van der Waals surface area (Å²) in [5, 5.41) is 0. The van der Waals surface area contributed by atoms with E-state index in [9.17, 15) is 0 Å². The Hall–Kier alpha value is -0.340. The quantitative estimate of drug-likeness (QED) is 0.417. The topological polar surface area (TPSA) is 18.5 Å². The first-order valence-corrected chi connectivity index (χ1v) is 3.39. The van der Waals surface area contributed by atoms with Crippen LogP contribution in [0.2, 0.25) is 0 Å². The lowest BCUT2D eigenvalue weighted by Gasteiger charge is -2.05. The Morgan fingerprint density at radius 3 is 2.60 bits per heavy atom. The molecule has 0 saturated carbocycles. The van der Waals surface area contributed by atoms with Crippen LogP contribution in [0, 0.1) is 6.10 Å². The van der Waals surface area contributed by atoms with E-state index in [0.29, 0.717) is 19.8 Å². The normalized spacial score (nSPS) is 10.3. The van der Waals surface area contributed by atoms with Crippen molar-refractivity contribution in [2.24, 2.45) is 0 Å². The predicted molar refractivity (Wildman–Crippen MR) is 41.6 cm³/mol. The molecule has 0 N–H and O–H groups in total. The van der Waals surface area contributed by atoms with Crippen molar-refractivity contribution < 1.29 is 9.47 Å². The molecule has 2 nitrogen and oxygen atoms in total. The van der Waals surface area contributed by atoms with Gasteiger partial charge in [0.1, 0.15) is 0 Å². The summed E-state index contributed by atoms with van der Waals surface area (Å²) in [7, 11) is 0. The second kappa shape index (κ2) is 6.78. The minimum atomic E-state index is 0.603. The summed E-state index contributed by atoms with van der Waals surface area (Å²) in [5.74, 6) is 0. The second-order valence-corrected chi connectivity index (χ2v) is 2.12. The minimum Gasteiger partial charge on any atom is -0.375 e. The number of hydrogen-bond acceptors (Lipinski definition) is 2. The highest BCUT2D eigenvalue weighted by molar-refractivity contribution is 4.64. The number of hydrogen-bond donors (Lipinski definition) is 0. The van der Waals surface area contributed by atoms with Crippen LogP contribution < -0.4 is 0 Å². The smallest absolute Gasteiger partial charge is 0.0910 e. The summed E-state index contributed by atoms with van der Waals surface area (Å²) in [6, 6.07) is 0. The van der Waals surface area contributed by atoms with E-state index in [-0.39, 0.29) is 0 Å². The number of ether oxygens (including phenoxy) is 2. The van der Waals surface area contributed by atoms with Gasteiger partial charge in [-0.05, 0) is 13.8 Å². The van der Waals surface area contributed by atoms with Gasteiger partial charge in [-0.25, -0.2) is 0 Å². The van der Waals surface area contributed by atoms with Gasteiger partial charge in [0.2, 0.25) is 0 Å². The zero-order chi connectivity index (χ0) is 7.82. The maximum Gasteiger partial charge on any atom is 0.0910 e. The third kappa shape index (κ3) is 7.66. The maximum atomic E-state index is 5.15. The van der Waals surface area contributed by atoms with Gasteiger partial charge < -0.3 is 9.47 Å². The molecule has 0 aromatic heterocycles. The minimum absolute atomic E-state index is 0.603. The molecule has 2 heteroatoms. The fraction of sp³-hybridized carbons (Fsp3) is 0.625. The van der Waals surface area contributed by atoms with Crippen LogP contribution in [0.4, 0.5) is 0 Å². The van der Waals surface area contributed by atoms with Crippen molar-refractivity contribution in [1.82, 2.24) is 0 Å². The molecule has 0 saturated heterocycles. The molecule has 0 aliphatic carbocycles. The van der Waals surface area contributed by atoms with Crippen LogP contribution in [-0.2, 0) is 9.47 Å². The van der Waals surface area contributed by atoms with E-state index >= 15 is 0 Å². The fourth-order valence-electron chi connectivity index (χ4n) is 0.471. The van der Waals surface area contributed by atoms with Gasteiger partial charge in [0, 0.05) is 0 Å². The predicted octanol–water partition coefficient (Wildman–Crippen LogP) is 1.78. The highest BCUT2D eigenvalue weighted by atomic mass is 16.5. The third-order valence-electron chi connectivity index (χ3n) is 0.854. The molecule has 0 spiro atoms. The van der Waals surface area contributed by atoms with E-state index in [2.05, 4.69) is 6.58 Å². The van der Waals surface area contributed by atoms with Crippen molar-refractivity contribution >= 4 is 0 Å². The summed E-state index contributed by atoms with van der Waals surface area (Å²) < 4.78 is 10.2. The zero-order valence-electron chi connectivity index (χ0n) is 6.72. The summed E-state index contributed by atoms with van der Waals surface area (Å²) >= 11 is 0. The van der Waals surface area contributed by atoms with Gasteiger partial charge in [-0.15, -0.1) is 6.58 Å². The summed E-state index contributed by atoms with van der Waals surface area (Å²) in [6.45, 7) is 9.25. The van der Waals surface area contributed by atoms with Crippen molar-refractivity contribution in [3.05, 3.63) is 18.8 Å². The molecule has 59 valence electrons. The SMILES string of the molecule is C=CCOCCO[C](C)C. The van der Waals surface area contributed by atoms with Gasteiger partial charge in [-0.1, -0.05) is 6.08 Å². The van der Waals surface area contributed by atoms with E-state index in [4.69, 9.17) is 9.47 Å². The molecule has 0 bridgehead atoms. The van der Waals surface area contributed by atoms with Crippen LogP contribution in [0.25, 0.3) is 0 Å². The summed E-state index contributed by atoms with van der Waals surface area (Å²) in [5.41, 5.74) is 0. The van der Waals surface area contributed by atoms with Crippen LogP contribution in [-0.4, -0.2) is 19.8 Å². The monoisotopic (exact) mass is 143 g/mol. The van der Waals surface area contributed by atoms with Crippen LogP contribution >= 0.6 is 0 Å². The largest absolute Gasteiger partial charge is 0.375 e. The van der Waals surface area contributed by atoms with Crippen molar-refractivity contribution in [2.75, 3.05) is 19.8 Å². The van der Waals surface area contributed by atoms with Gasteiger partial charge >= 0.3 is 0 Å². The van der Waals surface area contributed by atoms with E-state index < -0.39 is 0 Å². The second-order valence-electron chi connectivity index (χ2n) is 2.12. The molecule has 0 fully saturated rings. The van der Waals surface area contributed by atoms with Gasteiger partial charge in [0.15, 0.2) is 0 Å². The van der Waals surface area contributed by atoms with Crippen LogP contribution in [0.3, 0.4) is 0 Å². The van der Waals surface area contributed by atoms with Crippen LogP contribution in [0.15, 0.2) is 12.7 Å². The van der Waals surface area contributed by atoms with Crippen LogP contribution in [0.5, 0.6) is 0 Å². The Morgan fingerprint density at radius 1 is 1.40 bits per heavy atom. The Labute approximate surface area is 62.8 Å². The Balaban J connectivity index is 2.83. The van der Waals surface area contributed by atoms with Crippen molar-refractivity contribution in [3.63, 3.8) is 0 Å².